The van der Waals surface area contributed by atoms with Gasteiger partial charge in [-0.05, 0) is 41.8 Å². The largest absolute Gasteiger partial charge is 0.486 e. The van der Waals surface area contributed by atoms with Crippen molar-refractivity contribution in [2.75, 3.05) is 11.9 Å². The van der Waals surface area contributed by atoms with Gasteiger partial charge in [-0.15, -0.1) is 0 Å². The summed E-state index contributed by atoms with van der Waals surface area (Å²) in [6.07, 6.45) is 0.501. The van der Waals surface area contributed by atoms with Crippen molar-refractivity contribution in [3.8, 4) is 16.9 Å². The van der Waals surface area contributed by atoms with Gasteiger partial charge in [-0.2, -0.15) is 0 Å². The first-order chi connectivity index (χ1) is 10.6. The van der Waals surface area contributed by atoms with E-state index >= 15 is 0 Å². The van der Waals surface area contributed by atoms with Crippen molar-refractivity contribution in [1.82, 2.24) is 0 Å². The molecule has 0 aromatic heterocycles. The van der Waals surface area contributed by atoms with Crippen LogP contribution in [0.5, 0.6) is 5.75 Å². The summed E-state index contributed by atoms with van der Waals surface area (Å²) in [5, 5.41) is 12.7. The van der Waals surface area contributed by atoms with Crippen LogP contribution in [-0.2, 0) is 4.79 Å². The normalized spacial score (nSPS) is 16.3. The number of anilines is 1. The number of benzene rings is 2. The molecule has 114 valence electrons. The van der Waals surface area contributed by atoms with E-state index in [2.05, 4.69) is 5.32 Å². The third-order valence-corrected chi connectivity index (χ3v) is 3.87. The van der Waals surface area contributed by atoms with Gasteiger partial charge in [-0.25, -0.2) is 0 Å². The highest BCUT2D eigenvalue weighted by atomic mass is 35.5. The monoisotopic (exact) mass is 317 g/mol. The zero-order valence-corrected chi connectivity index (χ0v) is 12.6. The van der Waals surface area contributed by atoms with E-state index in [0.717, 1.165) is 22.6 Å². The lowest BCUT2D eigenvalue weighted by Gasteiger charge is -2.27. The quantitative estimate of drug-likeness (QED) is 0.893. The molecule has 1 atom stereocenters. The number of rotatable bonds is 4. The van der Waals surface area contributed by atoms with Gasteiger partial charge in [0, 0.05) is 11.4 Å². The standard InChI is InChI=1S/C17H16ClNO3/c18-13-3-1-2-11(8-13)12-4-6-16-15(9-12)19-10-14(22-16)5-7-17(20)21/h1-4,6,8-9,14,19H,5,7,10H2,(H,20,21)/t14-/m0/s1. The highest BCUT2D eigenvalue weighted by molar-refractivity contribution is 6.30. The third kappa shape index (κ3) is 3.34. The Kier molecular flexibility index (Phi) is 4.20. The summed E-state index contributed by atoms with van der Waals surface area (Å²) in [7, 11) is 0. The van der Waals surface area contributed by atoms with Crippen LogP contribution < -0.4 is 10.1 Å². The van der Waals surface area contributed by atoms with E-state index in [4.69, 9.17) is 21.4 Å². The average Bonchev–Trinajstić information content (AvgIpc) is 2.52. The van der Waals surface area contributed by atoms with Gasteiger partial charge in [-0.3, -0.25) is 4.79 Å². The number of halogens is 1. The molecule has 2 aromatic carbocycles. The molecule has 0 aliphatic carbocycles. The summed E-state index contributed by atoms with van der Waals surface area (Å²) >= 11 is 6.03. The number of aliphatic carboxylic acids is 1. The molecular formula is C17H16ClNO3. The molecule has 0 spiro atoms. The van der Waals surface area contributed by atoms with Crippen LogP contribution in [0.3, 0.4) is 0 Å². The summed E-state index contributed by atoms with van der Waals surface area (Å²) in [4.78, 5) is 10.6. The zero-order chi connectivity index (χ0) is 15.5. The molecule has 4 nitrogen and oxygen atoms in total. The fourth-order valence-corrected chi connectivity index (χ4v) is 2.70. The van der Waals surface area contributed by atoms with Gasteiger partial charge in [-0.1, -0.05) is 29.8 Å². The second kappa shape index (κ2) is 6.28. The Morgan fingerprint density at radius 3 is 2.86 bits per heavy atom. The van der Waals surface area contributed by atoms with Crippen LogP contribution in [0.4, 0.5) is 5.69 Å². The number of hydrogen-bond acceptors (Lipinski definition) is 3. The molecule has 1 aliphatic rings. The van der Waals surface area contributed by atoms with E-state index in [9.17, 15) is 4.79 Å². The van der Waals surface area contributed by atoms with Crippen LogP contribution in [0.25, 0.3) is 11.1 Å². The first kappa shape index (κ1) is 14.7. The molecule has 0 fully saturated rings. The summed E-state index contributed by atoms with van der Waals surface area (Å²) < 4.78 is 5.85. The van der Waals surface area contributed by atoms with Crippen molar-refractivity contribution < 1.29 is 14.6 Å². The molecule has 0 saturated heterocycles. The molecular weight excluding hydrogens is 302 g/mol. The molecule has 0 radical (unpaired) electrons. The molecule has 0 saturated carbocycles. The Labute approximate surface area is 133 Å². The van der Waals surface area contributed by atoms with Gasteiger partial charge in [0.25, 0.3) is 0 Å². The van der Waals surface area contributed by atoms with Crippen LogP contribution in [0, 0.1) is 0 Å². The average molecular weight is 318 g/mol. The van der Waals surface area contributed by atoms with Gasteiger partial charge in [0.15, 0.2) is 0 Å². The van der Waals surface area contributed by atoms with Crippen molar-refractivity contribution in [3.05, 3.63) is 47.5 Å². The van der Waals surface area contributed by atoms with Gasteiger partial charge in [0.2, 0.25) is 0 Å². The lowest BCUT2D eigenvalue weighted by molar-refractivity contribution is -0.137. The minimum Gasteiger partial charge on any atom is -0.486 e. The predicted molar refractivity (Wildman–Crippen MR) is 86.7 cm³/mol. The van der Waals surface area contributed by atoms with E-state index in [0.29, 0.717) is 18.0 Å². The van der Waals surface area contributed by atoms with Crippen molar-refractivity contribution in [3.63, 3.8) is 0 Å². The van der Waals surface area contributed by atoms with Crippen molar-refractivity contribution in [1.29, 1.82) is 0 Å². The molecule has 22 heavy (non-hydrogen) atoms. The maximum Gasteiger partial charge on any atom is 0.303 e. The smallest absolute Gasteiger partial charge is 0.303 e. The molecule has 2 aromatic rings. The fraction of sp³-hybridized carbons (Fsp3) is 0.235. The maximum absolute atomic E-state index is 10.6. The summed E-state index contributed by atoms with van der Waals surface area (Å²) in [5.74, 6) is -0.0434. The second-order valence-corrected chi connectivity index (χ2v) is 5.71. The molecule has 3 rings (SSSR count). The van der Waals surface area contributed by atoms with Crippen LogP contribution in [0.1, 0.15) is 12.8 Å². The highest BCUT2D eigenvalue weighted by Crippen LogP contribution is 2.34. The minimum atomic E-state index is -0.800. The zero-order valence-electron chi connectivity index (χ0n) is 11.9. The number of hydrogen-bond donors (Lipinski definition) is 2. The molecule has 5 heteroatoms. The van der Waals surface area contributed by atoms with Crippen LogP contribution in [-0.4, -0.2) is 23.7 Å². The first-order valence-electron chi connectivity index (χ1n) is 7.14. The number of ether oxygens (including phenoxy) is 1. The SMILES string of the molecule is O=C(O)CC[C@H]1CNc2cc(-c3cccc(Cl)c3)ccc2O1. The van der Waals surface area contributed by atoms with Gasteiger partial charge < -0.3 is 15.2 Å². The second-order valence-electron chi connectivity index (χ2n) is 5.27. The lowest BCUT2D eigenvalue weighted by Crippen LogP contribution is -2.31. The predicted octanol–water partition coefficient (Wildman–Crippen LogP) is 4.04. The van der Waals surface area contributed by atoms with E-state index < -0.39 is 5.97 Å². The lowest BCUT2D eigenvalue weighted by atomic mass is 10.0. The Bertz CT molecular complexity index is 702. The summed E-state index contributed by atoms with van der Waals surface area (Å²) in [6.45, 7) is 0.610. The number of nitrogens with one attached hydrogen (secondary N) is 1. The van der Waals surface area contributed by atoms with Crippen LogP contribution in [0.15, 0.2) is 42.5 Å². The number of fused-ring (bicyclic) bond motifs is 1. The van der Waals surface area contributed by atoms with Gasteiger partial charge >= 0.3 is 5.97 Å². The Morgan fingerprint density at radius 1 is 1.27 bits per heavy atom. The maximum atomic E-state index is 10.6. The Hall–Kier alpha value is -2.20. The fourth-order valence-electron chi connectivity index (χ4n) is 2.51. The van der Waals surface area contributed by atoms with E-state index in [1.807, 2.05) is 42.5 Å². The molecule has 1 heterocycles. The highest BCUT2D eigenvalue weighted by Gasteiger charge is 2.20. The van der Waals surface area contributed by atoms with Gasteiger partial charge in [0.1, 0.15) is 11.9 Å². The third-order valence-electron chi connectivity index (χ3n) is 3.63. The number of carboxylic acids is 1. The van der Waals surface area contributed by atoms with Crippen LogP contribution in [0.2, 0.25) is 5.02 Å². The van der Waals surface area contributed by atoms with E-state index in [-0.39, 0.29) is 12.5 Å². The Morgan fingerprint density at radius 2 is 2.09 bits per heavy atom. The minimum absolute atomic E-state index is 0.111. The summed E-state index contributed by atoms with van der Waals surface area (Å²) in [6, 6.07) is 13.6. The molecule has 0 unspecified atom stereocenters. The van der Waals surface area contributed by atoms with Gasteiger partial charge in [0.05, 0.1) is 12.2 Å². The number of carboxylic acid groups (broad SMARTS) is 1. The molecule has 2 N–H and O–H groups in total. The van der Waals surface area contributed by atoms with Crippen LogP contribution >= 0.6 is 11.6 Å². The van der Waals surface area contributed by atoms with E-state index in [1.54, 1.807) is 0 Å². The van der Waals surface area contributed by atoms with Crippen molar-refractivity contribution in [2.45, 2.75) is 18.9 Å². The van der Waals surface area contributed by atoms with E-state index in [1.165, 1.54) is 0 Å². The molecule has 0 amide bonds. The topological polar surface area (TPSA) is 58.6 Å². The van der Waals surface area contributed by atoms with Crippen molar-refractivity contribution in [2.24, 2.45) is 0 Å². The Balaban J connectivity index is 1.77. The molecule has 1 aliphatic heterocycles. The first-order valence-corrected chi connectivity index (χ1v) is 7.52. The van der Waals surface area contributed by atoms with Crippen molar-refractivity contribution >= 4 is 23.3 Å². The molecule has 0 bridgehead atoms. The number of carbonyl (C=O) groups is 1. The summed E-state index contributed by atoms with van der Waals surface area (Å²) in [5.41, 5.74) is 3.02.